The van der Waals surface area contributed by atoms with Crippen LogP contribution in [-0.2, 0) is 14.8 Å². The molecule has 7 heteroatoms. The number of amides is 1. The van der Waals surface area contributed by atoms with Gasteiger partial charge in [-0.25, -0.2) is 8.42 Å². The van der Waals surface area contributed by atoms with Crippen LogP contribution >= 0.6 is 11.6 Å². The van der Waals surface area contributed by atoms with Crippen molar-refractivity contribution in [3.05, 3.63) is 29.3 Å². The van der Waals surface area contributed by atoms with Crippen molar-refractivity contribution in [2.75, 3.05) is 26.2 Å². The Bertz CT molecular complexity index is 684. The van der Waals surface area contributed by atoms with E-state index in [1.807, 2.05) is 0 Å². The van der Waals surface area contributed by atoms with Gasteiger partial charge in [0.1, 0.15) is 4.90 Å². The summed E-state index contributed by atoms with van der Waals surface area (Å²) in [5.41, 5.74) is 0. The Labute approximate surface area is 135 Å². The van der Waals surface area contributed by atoms with Crippen LogP contribution in [0.15, 0.2) is 29.2 Å². The summed E-state index contributed by atoms with van der Waals surface area (Å²) in [6.45, 7) is 3.61. The number of rotatable bonds is 3. The summed E-state index contributed by atoms with van der Waals surface area (Å²) in [6.07, 6.45) is 0.955. The van der Waals surface area contributed by atoms with Crippen LogP contribution in [0.3, 0.4) is 0 Å². The summed E-state index contributed by atoms with van der Waals surface area (Å²) < 4.78 is 26.7. The van der Waals surface area contributed by atoms with Crippen molar-refractivity contribution < 1.29 is 13.2 Å². The van der Waals surface area contributed by atoms with Gasteiger partial charge in [0.2, 0.25) is 15.9 Å². The van der Waals surface area contributed by atoms with Gasteiger partial charge < -0.3 is 4.90 Å². The van der Waals surface area contributed by atoms with E-state index in [0.717, 1.165) is 6.42 Å². The molecule has 3 rings (SSSR count). The van der Waals surface area contributed by atoms with Crippen molar-refractivity contribution in [3.8, 4) is 0 Å². The number of carbonyl (C=O) groups is 1. The van der Waals surface area contributed by atoms with Gasteiger partial charge in [-0.2, -0.15) is 4.31 Å². The van der Waals surface area contributed by atoms with Crippen molar-refractivity contribution in [2.24, 2.45) is 11.8 Å². The van der Waals surface area contributed by atoms with Crippen LogP contribution in [0.5, 0.6) is 0 Å². The molecule has 0 radical (unpaired) electrons. The Morgan fingerprint density at radius 3 is 2.32 bits per heavy atom. The summed E-state index contributed by atoms with van der Waals surface area (Å²) in [6, 6.07) is 6.45. The fraction of sp³-hybridized carbons (Fsp3) is 0.533. The molecule has 1 saturated carbocycles. The van der Waals surface area contributed by atoms with Gasteiger partial charge in [-0.05, 0) is 24.5 Å². The molecule has 1 aromatic rings. The van der Waals surface area contributed by atoms with Crippen LogP contribution in [0.4, 0.5) is 0 Å². The highest BCUT2D eigenvalue weighted by Crippen LogP contribution is 2.39. The highest BCUT2D eigenvalue weighted by Gasteiger charge is 2.42. The van der Waals surface area contributed by atoms with E-state index in [1.165, 1.54) is 10.4 Å². The number of carbonyl (C=O) groups excluding carboxylic acids is 1. The average molecular weight is 343 g/mol. The molecular formula is C15H19ClN2O3S. The third-order valence-electron chi connectivity index (χ3n) is 4.43. The van der Waals surface area contributed by atoms with E-state index < -0.39 is 10.0 Å². The van der Waals surface area contributed by atoms with Gasteiger partial charge in [0, 0.05) is 32.1 Å². The zero-order valence-corrected chi connectivity index (χ0v) is 14.0. The normalized spacial score (nSPS) is 26.0. The minimum Gasteiger partial charge on any atom is -0.340 e. The second-order valence-corrected chi connectivity index (χ2v) is 8.29. The van der Waals surface area contributed by atoms with Crippen LogP contribution in [0.2, 0.25) is 5.02 Å². The number of benzene rings is 1. The largest absolute Gasteiger partial charge is 0.340 e. The third kappa shape index (κ3) is 2.87. The standard InChI is InChI=1S/C15H19ClN2O3S/c1-11-10-12(11)15(19)17-6-8-18(9-7-17)22(20,21)14-5-3-2-4-13(14)16/h2-5,11-12H,6-10H2,1H3/t11-,12+/m1/s1. The first kappa shape index (κ1) is 15.8. The molecular weight excluding hydrogens is 324 g/mol. The number of piperazine rings is 1. The lowest BCUT2D eigenvalue weighted by Gasteiger charge is -2.34. The molecule has 2 fully saturated rings. The zero-order chi connectivity index (χ0) is 15.9. The lowest BCUT2D eigenvalue weighted by Crippen LogP contribution is -2.51. The third-order valence-corrected chi connectivity index (χ3v) is 6.83. The molecule has 22 heavy (non-hydrogen) atoms. The maximum Gasteiger partial charge on any atom is 0.244 e. The highest BCUT2D eigenvalue weighted by molar-refractivity contribution is 7.89. The van der Waals surface area contributed by atoms with Gasteiger partial charge >= 0.3 is 0 Å². The van der Waals surface area contributed by atoms with E-state index in [2.05, 4.69) is 6.92 Å². The molecule has 0 spiro atoms. The number of hydrogen-bond acceptors (Lipinski definition) is 3. The molecule has 5 nitrogen and oxygen atoms in total. The Kier molecular flexibility index (Phi) is 4.18. The Morgan fingerprint density at radius 1 is 1.18 bits per heavy atom. The number of halogens is 1. The minimum absolute atomic E-state index is 0.132. The molecule has 1 heterocycles. The first-order valence-electron chi connectivity index (χ1n) is 7.44. The SMILES string of the molecule is C[C@@H]1C[C@@H]1C(=O)N1CCN(S(=O)(=O)c2ccccc2Cl)CC1. The molecule has 120 valence electrons. The maximum atomic E-state index is 12.6. The van der Waals surface area contributed by atoms with Crippen molar-refractivity contribution in [1.82, 2.24) is 9.21 Å². The van der Waals surface area contributed by atoms with Crippen molar-refractivity contribution in [1.29, 1.82) is 0 Å². The van der Waals surface area contributed by atoms with E-state index in [-0.39, 0.29) is 21.7 Å². The number of sulfonamides is 1. The maximum absolute atomic E-state index is 12.6. The summed E-state index contributed by atoms with van der Waals surface area (Å²) in [7, 11) is -3.59. The lowest BCUT2D eigenvalue weighted by atomic mass is 10.2. The van der Waals surface area contributed by atoms with Crippen molar-refractivity contribution >= 4 is 27.5 Å². The fourth-order valence-corrected chi connectivity index (χ4v) is 4.76. The van der Waals surface area contributed by atoms with Crippen LogP contribution in [0, 0.1) is 11.8 Å². The molecule has 1 aliphatic carbocycles. The lowest BCUT2D eigenvalue weighted by molar-refractivity contribution is -0.134. The van der Waals surface area contributed by atoms with Gasteiger partial charge in [0.15, 0.2) is 0 Å². The summed E-state index contributed by atoms with van der Waals surface area (Å²) >= 11 is 6.00. The molecule has 0 bridgehead atoms. The van der Waals surface area contributed by atoms with Crippen molar-refractivity contribution in [3.63, 3.8) is 0 Å². The van der Waals surface area contributed by atoms with Crippen molar-refractivity contribution in [2.45, 2.75) is 18.2 Å². The molecule has 2 aliphatic rings. The van der Waals surface area contributed by atoms with E-state index in [1.54, 1.807) is 23.1 Å². The second-order valence-electron chi connectivity index (χ2n) is 5.98. The highest BCUT2D eigenvalue weighted by atomic mass is 35.5. The molecule has 0 N–H and O–H groups in total. The van der Waals surface area contributed by atoms with Crippen LogP contribution in [-0.4, -0.2) is 49.7 Å². The van der Waals surface area contributed by atoms with Gasteiger partial charge in [-0.3, -0.25) is 4.79 Å². The topological polar surface area (TPSA) is 57.7 Å². The van der Waals surface area contributed by atoms with Gasteiger partial charge in [-0.1, -0.05) is 30.7 Å². The predicted octanol–water partition coefficient (Wildman–Crippen LogP) is 1.83. The average Bonchev–Trinajstić information content (AvgIpc) is 3.24. The Balaban J connectivity index is 1.68. The molecule has 1 aliphatic heterocycles. The predicted molar refractivity (Wildman–Crippen MR) is 84.1 cm³/mol. The molecule has 1 saturated heterocycles. The molecule has 1 aromatic carbocycles. The molecule has 1 amide bonds. The summed E-state index contributed by atoms with van der Waals surface area (Å²) in [5, 5.41) is 0.229. The summed E-state index contributed by atoms with van der Waals surface area (Å²) in [4.78, 5) is 14.1. The van der Waals surface area contributed by atoms with E-state index in [0.29, 0.717) is 32.1 Å². The van der Waals surface area contributed by atoms with E-state index in [9.17, 15) is 13.2 Å². The second kappa shape index (κ2) is 5.83. The first-order chi connectivity index (χ1) is 10.4. The van der Waals surface area contributed by atoms with E-state index in [4.69, 9.17) is 11.6 Å². The molecule has 0 unspecified atom stereocenters. The number of nitrogens with zero attached hydrogens (tertiary/aromatic N) is 2. The van der Waals surface area contributed by atoms with E-state index >= 15 is 0 Å². The van der Waals surface area contributed by atoms with Gasteiger partial charge in [0.25, 0.3) is 0 Å². The van der Waals surface area contributed by atoms with Crippen LogP contribution in [0.1, 0.15) is 13.3 Å². The zero-order valence-electron chi connectivity index (χ0n) is 12.4. The molecule has 0 aromatic heterocycles. The van der Waals surface area contributed by atoms with Gasteiger partial charge in [0.05, 0.1) is 5.02 Å². The van der Waals surface area contributed by atoms with Crippen LogP contribution < -0.4 is 0 Å². The number of hydrogen-bond donors (Lipinski definition) is 0. The smallest absolute Gasteiger partial charge is 0.244 e. The minimum atomic E-state index is -3.59. The molecule has 2 atom stereocenters. The fourth-order valence-electron chi connectivity index (χ4n) is 2.84. The van der Waals surface area contributed by atoms with Crippen LogP contribution in [0.25, 0.3) is 0 Å². The Hall–Kier alpha value is -1.11. The van der Waals surface area contributed by atoms with Gasteiger partial charge in [-0.15, -0.1) is 0 Å². The Morgan fingerprint density at radius 2 is 1.77 bits per heavy atom. The quantitative estimate of drug-likeness (QED) is 0.842. The monoisotopic (exact) mass is 342 g/mol. The first-order valence-corrected chi connectivity index (χ1v) is 9.26. The summed E-state index contributed by atoms with van der Waals surface area (Å²) in [5.74, 6) is 0.784.